The predicted molar refractivity (Wildman–Crippen MR) is 70.5 cm³/mol. The van der Waals surface area contributed by atoms with Crippen LogP contribution in [0, 0.1) is 0 Å². The molecule has 1 atom stereocenters. The molecular formula is C13H25N3O2. The lowest BCUT2D eigenvalue weighted by atomic mass is 10.1. The van der Waals surface area contributed by atoms with Gasteiger partial charge in [-0.05, 0) is 25.8 Å². The van der Waals surface area contributed by atoms with Gasteiger partial charge in [-0.1, -0.05) is 6.92 Å². The molecule has 0 aromatic rings. The summed E-state index contributed by atoms with van der Waals surface area (Å²) in [6.45, 7) is 7.21. The summed E-state index contributed by atoms with van der Waals surface area (Å²) >= 11 is 0. The molecule has 5 heteroatoms. The fourth-order valence-electron chi connectivity index (χ4n) is 2.48. The molecule has 1 amide bonds. The Bertz CT molecular complexity index is 263. The second-order valence-corrected chi connectivity index (χ2v) is 5.22. The van der Waals surface area contributed by atoms with Crippen LogP contribution in [-0.2, 0) is 9.53 Å². The summed E-state index contributed by atoms with van der Waals surface area (Å²) in [6, 6.07) is 0.540. The molecule has 2 heterocycles. The van der Waals surface area contributed by atoms with Crippen LogP contribution >= 0.6 is 0 Å². The molecule has 2 aliphatic heterocycles. The van der Waals surface area contributed by atoms with Gasteiger partial charge in [0, 0.05) is 32.3 Å². The number of carbonyl (C=O) groups is 1. The largest absolute Gasteiger partial charge is 0.376 e. The first-order valence-electron chi connectivity index (χ1n) is 7.12. The molecule has 2 rings (SSSR count). The SMILES string of the molecule is CCCN(CC(=O)NCC1CCCO1)C1CNC1. The number of hydrogen-bond donors (Lipinski definition) is 2. The summed E-state index contributed by atoms with van der Waals surface area (Å²) in [4.78, 5) is 14.2. The van der Waals surface area contributed by atoms with E-state index in [1.165, 1.54) is 0 Å². The quantitative estimate of drug-likeness (QED) is 0.670. The molecule has 2 saturated heterocycles. The summed E-state index contributed by atoms with van der Waals surface area (Å²) in [6.07, 6.45) is 3.52. The molecule has 5 nitrogen and oxygen atoms in total. The molecule has 0 bridgehead atoms. The molecule has 0 aliphatic carbocycles. The van der Waals surface area contributed by atoms with Crippen molar-refractivity contribution in [2.24, 2.45) is 0 Å². The van der Waals surface area contributed by atoms with Gasteiger partial charge in [-0.2, -0.15) is 0 Å². The smallest absolute Gasteiger partial charge is 0.234 e. The number of nitrogens with zero attached hydrogens (tertiary/aromatic N) is 1. The van der Waals surface area contributed by atoms with E-state index in [-0.39, 0.29) is 12.0 Å². The highest BCUT2D eigenvalue weighted by molar-refractivity contribution is 5.78. The Morgan fingerprint density at radius 3 is 2.89 bits per heavy atom. The van der Waals surface area contributed by atoms with E-state index in [2.05, 4.69) is 22.5 Å². The van der Waals surface area contributed by atoms with Gasteiger partial charge >= 0.3 is 0 Å². The zero-order chi connectivity index (χ0) is 12.8. The van der Waals surface area contributed by atoms with Gasteiger partial charge in [0.25, 0.3) is 0 Å². The zero-order valence-corrected chi connectivity index (χ0v) is 11.3. The third-order valence-corrected chi connectivity index (χ3v) is 3.68. The fourth-order valence-corrected chi connectivity index (χ4v) is 2.48. The van der Waals surface area contributed by atoms with Crippen molar-refractivity contribution < 1.29 is 9.53 Å². The molecule has 2 fully saturated rings. The third kappa shape index (κ3) is 3.93. The van der Waals surface area contributed by atoms with Crippen LogP contribution < -0.4 is 10.6 Å². The van der Waals surface area contributed by atoms with Gasteiger partial charge < -0.3 is 15.4 Å². The molecule has 2 N–H and O–H groups in total. The molecular weight excluding hydrogens is 230 g/mol. The van der Waals surface area contributed by atoms with E-state index < -0.39 is 0 Å². The molecule has 2 aliphatic rings. The average Bonchev–Trinajstić information content (AvgIpc) is 2.77. The van der Waals surface area contributed by atoms with Gasteiger partial charge in [-0.15, -0.1) is 0 Å². The maximum Gasteiger partial charge on any atom is 0.234 e. The van der Waals surface area contributed by atoms with Gasteiger partial charge in [-0.25, -0.2) is 0 Å². The van der Waals surface area contributed by atoms with Gasteiger partial charge in [0.1, 0.15) is 0 Å². The summed E-state index contributed by atoms with van der Waals surface area (Å²) in [5.74, 6) is 0.130. The van der Waals surface area contributed by atoms with Crippen molar-refractivity contribution in [1.29, 1.82) is 0 Å². The Balaban J connectivity index is 1.66. The molecule has 0 radical (unpaired) electrons. The van der Waals surface area contributed by atoms with Crippen LogP contribution in [0.2, 0.25) is 0 Å². The van der Waals surface area contributed by atoms with Crippen LogP contribution in [0.5, 0.6) is 0 Å². The van der Waals surface area contributed by atoms with E-state index in [0.29, 0.717) is 19.1 Å². The lowest BCUT2D eigenvalue weighted by Crippen LogP contribution is -2.59. The maximum atomic E-state index is 11.9. The summed E-state index contributed by atoms with van der Waals surface area (Å²) in [7, 11) is 0. The van der Waals surface area contributed by atoms with E-state index in [0.717, 1.165) is 45.5 Å². The van der Waals surface area contributed by atoms with Gasteiger partial charge in [0.15, 0.2) is 0 Å². The van der Waals surface area contributed by atoms with Crippen molar-refractivity contribution >= 4 is 5.91 Å². The van der Waals surface area contributed by atoms with Crippen LogP contribution in [-0.4, -0.2) is 62.3 Å². The first-order valence-corrected chi connectivity index (χ1v) is 7.12. The number of ether oxygens (including phenoxy) is 1. The van der Waals surface area contributed by atoms with Crippen LogP contribution in [0.3, 0.4) is 0 Å². The Labute approximate surface area is 109 Å². The van der Waals surface area contributed by atoms with Crippen LogP contribution in [0.4, 0.5) is 0 Å². The number of hydrogen-bond acceptors (Lipinski definition) is 4. The van der Waals surface area contributed by atoms with E-state index >= 15 is 0 Å². The van der Waals surface area contributed by atoms with Crippen LogP contribution in [0.25, 0.3) is 0 Å². The Morgan fingerprint density at radius 1 is 1.50 bits per heavy atom. The second kappa shape index (κ2) is 7.07. The first kappa shape index (κ1) is 13.8. The Morgan fingerprint density at radius 2 is 2.33 bits per heavy atom. The number of rotatable bonds is 7. The van der Waals surface area contributed by atoms with Gasteiger partial charge in [0.05, 0.1) is 12.6 Å². The van der Waals surface area contributed by atoms with Crippen molar-refractivity contribution in [2.45, 2.75) is 38.3 Å². The van der Waals surface area contributed by atoms with E-state index in [4.69, 9.17) is 4.74 Å². The standard InChI is InChI=1S/C13H25N3O2/c1-2-5-16(11-7-14-8-11)10-13(17)15-9-12-4-3-6-18-12/h11-12,14H,2-10H2,1H3,(H,15,17). The van der Waals surface area contributed by atoms with E-state index in [1.54, 1.807) is 0 Å². The van der Waals surface area contributed by atoms with Gasteiger partial charge in [-0.3, -0.25) is 9.69 Å². The Kier molecular flexibility index (Phi) is 5.41. The van der Waals surface area contributed by atoms with Crippen molar-refractivity contribution in [3.63, 3.8) is 0 Å². The van der Waals surface area contributed by atoms with Gasteiger partial charge in [0.2, 0.25) is 5.91 Å². The van der Waals surface area contributed by atoms with Crippen molar-refractivity contribution in [2.75, 3.05) is 39.3 Å². The van der Waals surface area contributed by atoms with Crippen LogP contribution in [0.15, 0.2) is 0 Å². The molecule has 104 valence electrons. The van der Waals surface area contributed by atoms with E-state index in [9.17, 15) is 4.79 Å². The molecule has 0 spiro atoms. The summed E-state index contributed by atoms with van der Waals surface area (Å²) in [5.41, 5.74) is 0. The minimum Gasteiger partial charge on any atom is -0.376 e. The van der Waals surface area contributed by atoms with Crippen molar-refractivity contribution in [3.8, 4) is 0 Å². The highest BCUT2D eigenvalue weighted by Gasteiger charge is 2.25. The average molecular weight is 255 g/mol. The Hall–Kier alpha value is -0.650. The highest BCUT2D eigenvalue weighted by Crippen LogP contribution is 2.10. The van der Waals surface area contributed by atoms with E-state index in [1.807, 2.05) is 0 Å². The molecule has 0 aromatic carbocycles. The minimum atomic E-state index is 0.130. The molecule has 0 saturated carbocycles. The lowest BCUT2D eigenvalue weighted by Gasteiger charge is -2.37. The topological polar surface area (TPSA) is 53.6 Å². The molecule has 18 heavy (non-hydrogen) atoms. The first-order chi connectivity index (χ1) is 8.79. The minimum absolute atomic E-state index is 0.130. The lowest BCUT2D eigenvalue weighted by molar-refractivity contribution is -0.123. The zero-order valence-electron chi connectivity index (χ0n) is 11.3. The number of amides is 1. The fraction of sp³-hybridized carbons (Fsp3) is 0.923. The summed E-state index contributed by atoms with van der Waals surface area (Å²) in [5, 5.41) is 6.25. The maximum absolute atomic E-state index is 11.9. The third-order valence-electron chi connectivity index (χ3n) is 3.68. The van der Waals surface area contributed by atoms with Crippen molar-refractivity contribution in [1.82, 2.24) is 15.5 Å². The van der Waals surface area contributed by atoms with Crippen LogP contribution in [0.1, 0.15) is 26.2 Å². The normalized spacial score (nSPS) is 24.2. The number of carbonyl (C=O) groups excluding carboxylic acids is 1. The molecule has 1 unspecified atom stereocenters. The highest BCUT2D eigenvalue weighted by atomic mass is 16.5. The number of nitrogens with one attached hydrogen (secondary N) is 2. The predicted octanol–water partition coefficient (Wildman–Crippen LogP) is -0.0346. The molecule has 0 aromatic heterocycles. The summed E-state index contributed by atoms with van der Waals surface area (Å²) < 4.78 is 5.50. The van der Waals surface area contributed by atoms with Crippen molar-refractivity contribution in [3.05, 3.63) is 0 Å². The monoisotopic (exact) mass is 255 g/mol. The second-order valence-electron chi connectivity index (χ2n) is 5.22.